The number of nitrogens with one attached hydrogen (secondary N) is 1. The fourth-order valence-electron chi connectivity index (χ4n) is 2.77. The number of hydrogen-bond acceptors (Lipinski definition) is 4. The monoisotopic (exact) mass is 284 g/mol. The highest BCUT2D eigenvalue weighted by atomic mass is 16.6. The molecule has 3 N–H and O–H groups in total. The standard InChI is InChI=1S/C17H20N2O2/c1-11-7-8-13(12(2)9-11)17(19-18)16-10-20-14-5-3-4-6-15(14)21-16/h3-9,16-17,19H,10,18H2,1-2H3. The molecule has 0 fully saturated rings. The van der Waals surface area contributed by atoms with Gasteiger partial charge in [-0.15, -0.1) is 0 Å². The zero-order chi connectivity index (χ0) is 14.8. The molecular weight excluding hydrogens is 264 g/mol. The fraction of sp³-hybridized carbons (Fsp3) is 0.294. The Hall–Kier alpha value is -2.04. The molecule has 2 aromatic rings. The largest absolute Gasteiger partial charge is 0.486 e. The molecule has 4 nitrogen and oxygen atoms in total. The topological polar surface area (TPSA) is 56.5 Å². The summed E-state index contributed by atoms with van der Waals surface area (Å²) < 4.78 is 11.8. The predicted molar refractivity (Wildman–Crippen MR) is 82.3 cm³/mol. The maximum Gasteiger partial charge on any atom is 0.161 e. The summed E-state index contributed by atoms with van der Waals surface area (Å²) in [6, 6.07) is 13.9. The first-order valence-corrected chi connectivity index (χ1v) is 7.11. The lowest BCUT2D eigenvalue weighted by Crippen LogP contribution is -2.44. The van der Waals surface area contributed by atoms with Crippen molar-refractivity contribution in [3.63, 3.8) is 0 Å². The van der Waals surface area contributed by atoms with E-state index in [1.165, 1.54) is 11.1 Å². The van der Waals surface area contributed by atoms with E-state index in [0.29, 0.717) is 6.61 Å². The Balaban J connectivity index is 1.88. The first-order valence-electron chi connectivity index (χ1n) is 7.11. The molecule has 2 unspecified atom stereocenters. The van der Waals surface area contributed by atoms with Crippen LogP contribution in [0.15, 0.2) is 42.5 Å². The van der Waals surface area contributed by atoms with Crippen LogP contribution in [-0.4, -0.2) is 12.7 Å². The van der Waals surface area contributed by atoms with Gasteiger partial charge in [0.25, 0.3) is 0 Å². The van der Waals surface area contributed by atoms with Crippen molar-refractivity contribution in [1.82, 2.24) is 5.43 Å². The van der Waals surface area contributed by atoms with Gasteiger partial charge in [0.05, 0.1) is 6.04 Å². The van der Waals surface area contributed by atoms with E-state index in [-0.39, 0.29) is 12.1 Å². The van der Waals surface area contributed by atoms with Crippen LogP contribution in [0.5, 0.6) is 11.5 Å². The van der Waals surface area contributed by atoms with Gasteiger partial charge in [-0.3, -0.25) is 5.84 Å². The van der Waals surface area contributed by atoms with Crippen LogP contribution in [0, 0.1) is 13.8 Å². The van der Waals surface area contributed by atoms with Crippen molar-refractivity contribution in [3.8, 4) is 11.5 Å². The zero-order valence-corrected chi connectivity index (χ0v) is 12.3. The van der Waals surface area contributed by atoms with Crippen LogP contribution in [-0.2, 0) is 0 Å². The van der Waals surface area contributed by atoms with Gasteiger partial charge >= 0.3 is 0 Å². The van der Waals surface area contributed by atoms with Crippen molar-refractivity contribution in [2.75, 3.05) is 6.61 Å². The molecule has 0 saturated heterocycles. The Kier molecular flexibility index (Phi) is 3.82. The molecule has 1 heterocycles. The Morgan fingerprint density at radius 3 is 2.62 bits per heavy atom. The number of ether oxygens (including phenoxy) is 2. The normalized spacial score (nSPS) is 18.3. The van der Waals surface area contributed by atoms with E-state index in [1.54, 1.807) is 0 Å². The van der Waals surface area contributed by atoms with Gasteiger partial charge in [-0.2, -0.15) is 0 Å². The van der Waals surface area contributed by atoms with Gasteiger partial charge in [0.2, 0.25) is 0 Å². The second kappa shape index (κ2) is 5.76. The van der Waals surface area contributed by atoms with Gasteiger partial charge in [0.15, 0.2) is 17.6 Å². The molecule has 2 aromatic carbocycles. The highest BCUT2D eigenvalue weighted by molar-refractivity contribution is 5.41. The highest BCUT2D eigenvalue weighted by Crippen LogP contribution is 2.34. The van der Waals surface area contributed by atoms with E-state index in [2.05, 4.69) is 37.5 Å². The third-order valence-electron chi connectivity index (χ3n) is 3.84. The summed E-state index contributed by atoms with van der Waals surface area (Å²) in [6.07, 6.45) is -0.161. The van der Waals surface area contributed by atoms with Crippen LogP contribution in [0.25, 0.3) is 0 Å². The number of hydrazine groups is 1. The molecule has 0 saturated carbocycles. The molecule has 0 aromatic heterocycles. The van der Waals surface area contributed by atoms with Crippen LogP contribution in [0.4, 0.5) is 0 Å². The van der Waals surface area contributed by atoms with E-state index in [9.17, 15) is 0 Å². The molecule has 2 atom stereocenters. The molecule has 110 valence electrons. The minimum absolute atomic E-state index is 0.112. The number of nitrogens with two attached hydrogens (primary N) is 1. The number of fused-ring (bicyclic) bond motifs is 1. The first-order chi connectivity index (χ1) is 10.2. The summed E-state index contributed by atoms with van der Waals surface area (Å²) in [5.74, 6) is 7.32. The quantitative estimate of drug-likeness (QED) is 0.672. The number of benzene rings is 2. The van der Waals surface area contributed by atoms with Gasteiger partial charge in [-0.1, -0.05) is 35.9 Å². The SMILES string of the molecule is Cc1ccc(C(NN)C2COc3ccccc3O2)c(C)c1. The lowest BCUT2D eigenvalue weighted by Gasteiger charge is -2.32. The summed E-state index contributed by atoms with van der Waals surface area (Å²) in [6.45, 7) is 4.64. The summed E-state index contributed by atoms with van der Waals surface area (Å²) in [5.41, 5.74) is 6.44. The van der Waals surface area contributed by atoms with Gasteiger partial charge in [0.1, 0.15) is 6.61 Å². The Labute approximate surface area is 124 Å². The van der Waals surface area contributed by atoms with Crippen LogP contribution in [0.3, 0.4) is 0 Å². The van der Waals surface area contributed by atoms with Crippen molar-refractivity contribution >= 4 is 0 Å². The average molecular weight is 284 g/mol. The van der Waals surface area contributed by atoms with Crippen LogP contribution in [0.2, 0.25) is 0 Å². The van der Waals surface area contributed by atoms with E-state index in [1.807, 2.05) is 24.3 Å². The summed E-state index contributed by atoms with van der Waals surface area (Å²) in [4.78, 5) is 0. The van der Waals surface area contributed by atoms with E-state index in [4.69, 9.17) is 15.3 Å². The van der Waals surface area contributed by atoms with Crippen molar-refractivity contribution in [3.05, 3.63) is 59.2 Å². The average Bonchev–Trinajstić information content (AvgIpc) is 2.50. The van der Waals surface area contributed by atoms with Crippen LogP contribution >= 0.6 is 0 Å². The van der Waals surface area contributed by atoms with Crippen LogP contribution < -0.4 is 20.7 Å². The highest BCUT2D eigenvalue weighted by Gasteiger charge is 2.30. The lowest BCUT2D eigenvalue weighted by atomic mass is 9.95. The molecule has 3 rings (SSSR count). The third kappa shape index (κ3) is 2.73. The van der Waals surface area contributed by atoms with Crippen molar-refractivity contribution < 1.29 is 9.47 Å². The molecule has 1 aliphatic rings. The van der Waals surface area contributed by atoms with Gasteiger partial charge in [0, 0.05) is 0 Å². The maximum absolute atomic E-state index is 6.06. The van der Waals surface area contributed by atoms with E-state index < -0.39 is 0 Å². The lowest BCUT2D eigenvalue weighted by molar-refractivity contribution is 0.0615. The smallest absolute Gasteiger partial charge is 0.161 e. The molecule has 0 aliphatic carbocycles. The maximum atomic E-state index is 6.06. The number of para-hydroxylation sites is 2. The molecule has 0 spiro atoms. The molecule has 21 heavy (non-hydrogen) atoms. The zero-order valence-electron chi connectivity index (χ0n) is 12.3. The Morgan fingerprint density at radius 1 is 1.14 bits per heavy atom. The predicted octanol–water partition coefficient (Wildman–Crippen LogP) is 2.65. The molecular formula is C17H20N2O2. The second-order valence-corrected chi connectivity index (χ2v) is 5.42. The summed E-state index contributed by atoms with van der Waals surface area (Å²) in [7, 11) is 0. The Bertz CT molecular complexity index is 642. The summed E-state index contributed by atoms with van der Waals surface area (Å²) in [5, 5.41) is 0. The van der Waals surface area contributed by atoms with Gasteiger partial charge in [-0.25, -0.2) is 5.43 Å². The number of aryl methyl sites for hydroxylation is 2. The molecule has 0 amide bonds. The molecule has 1 aliphatic heterocycles. The van der Waals surface area contributed by atoms with E-state index in [0.717, 1.165) is 17.1 Å². The van der Waals surface area contributed by atoms with Gasteiger partial charge in [-0.05, 0) is 37.1 Å². The fourth-order valence-corrected chi connectivity index (χ4v) is 2.77. The van der Waals surface area contributed by atoms with Crippen LogP contribution in [0.1, 0.15) is 22.7 Å². The van der Waals surface area contributed by atoms with E-state index >= 15 is 0 Å². The minimum Gasteiger partial charge on any atom is -0.486 e. The minimum atomic E-state index is -0.161. The number of hydrogen-bond donors (Lipinski definition) is 2. The van der Waals surface area contributed by atoms with Crippen molar-refractivity contribution in [2.45, 2.75) is 26.0 Å². The first kappa shape index (κ1) is 13.9. The van der Waals surface area contributed by atoms with Crippen molar-refractivity contribution in [2.24, 2.45) is 5.84 Å². The summed E-state index contributed by atoms with van der Waals surface area (Å²) >= 11 is 0. The Morgan fingerprint density at radius 2 is 1.90 bits per heavy atom. The second-order valence-electron chi connectivity index (χ2n) is 5.42. The van der Waals surface area contributed by atoms with Gasteiger partial charge < -0.3 is 9.47 Å². The third-order valence-corrected chi connectivity index (χ3v) is 3.84. The molecule has 0 bridgehead atoms. The molecule has 4 heteroatoms. The van der Waals surface area contributed by atoms with Crippen molar-refractivity contribution in [1.29, 1.82) is 0 Å². The number of rotatable bonds is 3. The molecule has 0 radical (unpaired) electrons.